The van der Waals surface area contributed by atoms with Crippen LogP contribution in [0, 0.1) is 0 Å². The van der Waals surface area contributed by atoms with Crippen molar-refractivity contribution < 1.29 is 0 Å². The summed E-state index contributed by atoms with van der Waals surface area (Å²) in [7, 11) is 0. The summed E-state index contributed by atoms with van der Waals surface area (Å²) >= 11 is 1.77. The number of benzene rings is 2. The molecule has 0 saturated heterocycles. The lowest BCUT2D eigenvalue weighted by Crippen LogP contribution is -2.22. The van der Waals surface area contributed by atoms with Crippen molar-refractivity contribution in [3.63, 3.8) is 0 Å². The van der Waals surface area contributed by atoms with E-state index in [0.29, 0.717) is 0 Å². The van der Waals surface area contributed by atoms with E-state index in [0.717, 1.165) is 35.8 Å². The summed E-state index contributed by atoms with van der Waals surface area (Å²) in [5.74, 6) is 0. The number of nitrogen functional groups attached to an aromatic ring is 1. The predicted octanol–water partition coefficient (Wildman–Crippen LogP) is 3.90. The van der Waals surface area contributed by atoms with Gasteiger partial charge in [0.1, 0.15) is 5.01 Å². The van der Waals surface area contributed by atoms with Crippen molar-refractivity contribution >= 4 is 27.2 Å². The highest BCUT2D eigenvalue weighted by Crippen LogP contribution is 2.23. The first kappa shape index (κ1) is 14.0. The van der Waals surface area contributed by atoms with Gasteiger partial charge in [0.05, 0.1) is 16.8 Å². The molecule has 0 atom stereocenters. The molecule has 0 bridgehead atoms. The molecule has 0 radical (unpaired) electrons. The van der Waals surface area contributed by atoms with Gasteiger partial charge >= 0.3 is 0 Å². The molecular weight excluding hydrogens is 278 g/mol. The number of aromatic nitrogens is 1. The van der Waals surface area contributed by atoms with Crippen LogP contribution in [-0.2, 0) is 13.1 Å². The quantitative estimate of drug-likeness (QED) is 0.726. The fourth-order valence-corrected chi connectivity index (χ4v) is 3.39. The van der Waals surface area contributed by atoms with E-state index in [2.05, 4.69) is 36.1 Å². The highest BCUT2D eigenvalue weighted by atomic mass is 32.1. The highest BCUT2D eigenvalue weighted by Gasteiger charge is 2.10. The van der Waals surface area contributed by atoms with E-state index < -0.39 is 0 Å². The zero-order valence-electron chi connectivity index (χ0n) is 12.1. The molecule has 0 aliphatic rings. The van der Waals surface area contributed by atoms with Gasteiger partial charge in [-0.3, -0.25) is 4.90 Å². The molecule has 2 aromatic carbocycles. The third kappa shape index (κ3) is 3.23. The maximum Gasteiger partial charge on any atom is 0.108 e. The molecule has 2 N–H and O–H groups in total. The molecule has 0 fully saturated rings. The molecule has 0 saturated carbocycles. The van der Waals surface area contributed by atoms with E-state index in [4.69, 9.17) is 10.7 Å². The highest BCUT2D eigenvalue weighted by molar-refractivity contribution is 7.18. The van der Waals surface area contributed by atoms with Crippen molar-refractivity contribution in [3.8, 4) is 0 Å². The Morgan fingerprint density at radius 2 is 1.81 bits per heavy atom. The Balaban J connectivity index is 1.76. The Morgan fingerprint density at radius 3 is 2.57 bits per heavy atom. The minimum atomic E-state index is 0.860. The van der Waals surface area contributed by atoms with Crippen LogP contribution in [0.5, 0.6) is 0 Å². The van der Waals surface area contributed by atoms with E-state index >= 15 is 0 Å². The third-order valence-corrected chi connectivity index (χ3v) is 4.61. The standard InChI is InChI=1S/C17H19N3S/c1-2-20(11-13-7-3-4-8-14(13)18)12-17-19-15-9-5-6-10-16(15)21-17/h3-10H,2,11-12,18H2,1H3. The summed E-state index contributed by atoms with van der Waals surface area (Å²) in [5.41, 5.74) is 9.17. The molecule has 0 aliphatic heterocycles. The second-order valence-electron chi connectivity index (χ2n) is 5.08. The monoisotopic (exact) mass is 297 g/mol. The Labute approximate surface area is 129 Å². The van der Waals surface area contributed by atoms with E-state index in [1.165, 1.54) is 10.3 Å². The van der Waals surface area contributed by atoms with Gasteiger partial charge < -0.3 is 5.73 Å². The Bertz CT molecular complexity index is 702. The second kappa shape index (κ2) is 6.24. The van der Waals surface area contributed by atoms with Crippen LogP contribution in [0.15, 0.2) is 48.5 Å². The van der Waals surface area contributed by atoms with Crippen LogP contribution in [-0.4, -0.2) is 16.4 Å². The van der Waals surface area contributed by atoms with Crippen molar-refractivity contribution in [1.29, 1.82) is 0 Å². The van der Waals surface area contributed by atoms with Crippen LogP contribution in [0.25, 0.3) is 10.2 Å². The van der Waals surface area contributed by atoms with E-state index in [1.54, 1.807) is 11.3 Å². The van der Waals surface area contributed by atoms with Gasteiger partial charge in [-0.25, -0.2) is 4.98 Å². The first-order valence-corrected chi connectivity index (χ1v) is 7.98. The summed E-state index contributed by atoms with van der Waals surface area (Å²) < 4.78 is 1.25. The molecule has 21 heavy (non-hydrogen) atoms. The van der Waals surface area contributed by atoms with Gasteiger partial charge in [0.25, 0.3) is 0 Å². The van der Waals surface area contributed by atoms with Crippen molar-refractivity contribution in [1.82, 2.24) is 9.88 Å². The SMILES string of the molecule is CCN(Cc1nc2ccccc2s1)Cc1ccccc1N. The molecule has 1 heterocycles. The number of anilines is 1. The summed E-state index contributed by atoms with van der Waals surface area (Å²) in [6.07, 6.45) is 0. The molecule has 0 aliphatic carbocycles. The average molecular weight is 297 g/mol. The summed E-state index contributed by atoms with van der Waals surface area (Å²) in [4.78, 5) is 7.07. The fraction of sp³-hybridized carbons (Fsp3) is 0.235. The van der Waals surface area contributed by atoms with Crippen LogP contribution in [0.4, 0.5) is 5.69 Å². The fourth-order valence-electron chi connectivity index (χ4n) is 2.38. The third-order valence-electron chi connectivity index (χ3n) is 3.59. The average Bonchev–Trinajstić information content (AvgIpc) is 2.91. The zero-order chi connectivity index (χ0) is 14.7. The van der Waals surface area contributed by atoms with Crippen LogP contribution in [0.3, 0.4) is 0 Å². The van der Waals surface area contributed by atoms with Gasteiger partial charge in [0.15, 0.2) is 0 Å². The van der Waals surface area contributed by atoms with Crippen LogP contribution < -0.4 is 5.73 Å². The molecule has 3 nitrogen and oxygen atoms in total. The van der Waals surface area contributed by atoms with Gasteiger partial charge in [-0.05, 0) is 30.3 Å². The Morgan fingerprint density at radius 1 is 1.05 bits per heavy atom. The number of para-hydroxylation sites is 2. The van der Waals surface area contributed by atoms with Crippen molar-refractivity contribution in [2.45, 2.75) is 20.0 Å². The topological polar surface area (TPSA) is 42.2 Å². The lowest BCUT2D eigenvalue weighted by Gasteiger charge is -2.20. The number of rotatable bonds is 5. The number of hydrogen-bond acceptors (Lipinski definition) is 4. The zero-order valence-corrected chi connectivity index (χ0v) is 12.9. The van der Waals surface area contributed by atoms with Crippen LogP contribution in [0.1, 0.15) is 17.5 Å². The molecular formula is C17H19N3S. The van der Waals surface area contributed by atoms with E-state index in [9.17, 15) is 0 Å². The minimum absolute atomic E-state index is 0.860. The molecule has 0 unspecified atom stereocenters. The smallest absolute Gasteiger partial charge is 0.108 e. The maximum absolute atomic E-state index is 6.04. The predicted molar refractivity (Wildman–Crippen MR) is 90.3 cm³/mol. The van der Waals surface area contributed by atoms with Gasteiger partial charge in [-0.1, -0.05) is 37.3 Å². The van der Waals surface area contributed by atoms with Gasteiger partial charge in [0.2, 0.25) is 0 Å². The Kier molecular flexibility index (Phi) is 4.18. The summed E-state index contributed by atoms with van der Waals surface area (Å²) in [6, 6.07) is 16.4. The van der Waals surface area contributed by atoms with Gasteiger partial charge in [0, 0.05) is 12.2 Å². The molecule has 0 spiro atoms. The minimum Gasteiger partial charge on any atom is -0.398 e. The largest absolute Gasteiger partial charge is 0.398 e. The summed E-state index contributed by atoms with van der Waals surface area (Å²) in [6.45, 7) is 4.87. The number of nitrogens with zero attached hydrogens (tertiary/aromatic N) is 2. The molecule has 108 valence electrons. The number of fused-ring (bicyclic) bond motifs is 1. The van der Waals surface area contributed by atoms with E-state index in [1.807, 2.05) is 24.3 Å². The molecule has 1 aromatic heterocycles. The molecule has 0 amide bonds. The lowest BCUT2D eigenvalue weighted by atomic mass is 10.1. The van der Waals surface area contributed by atoms with E-state index in [-0.39, 0.29) is 0 Å². The van der Waals surface area contributed by atoms with Crippen molar-refractivity contribution in [2.75, 3.05) is 12.3 Å². The van der Waals surface area contributed by atoms with Crippen LogP contribution in [0.2, 0.25) is 0 Å². The van der Waals surface area contributed by atoms with Crippen LogP contribution >= 0.6 is 11.3 Å². The molecule has 4 heteroatoms. The normalized spacial score (nSPS) is 11.3. The number of hydrogen-bond donors (Lipinski definition) is 1. The second-order valence-corrected chi connectivity index (χ2v) is 6.19. The Hall–Kier alpha value is -1.91. The first-order valence-electron chi connectivity index (χ1n) is 7.16. The van der Waals surface area contributed by atoms with Gasteiger partial charge in [-0.2, -0.15) is 0 Å². The van der Waals surface area contributed by atoms with Gasteiger partial charge in [-0.15, -0.1) is 11.3 Å². The summed E-state index contributed by atoms with van der Waals surface area (Å²) in [5, 5.41) is 1.16. The lowest BCUT2D eigenvalue weighted by molar-refractivity contribution is 0.271. The number of thiazole rings is 1. The van der Waals surface area contributed by atoms with Crippen molar-refractivity contribution in [3.05, 3.63) is 59.1 Å². The molecule has 3 rings (SSSR count). The first-order chi connectivity index (χ1) is 10.3. The number of nitrogens with two attached hydrogens (primary N) is 1. The van der Waals surface area contributed by atoms with Crippen molar-refractivity contribution in [2.24, 2.45) is 0 Å². The maximum atomic E-state index is 6.04. The molecule has 3 aromatic rings.